The zero-order valence-corrected chi connectivity index (χ0v) is 19.2. The van der Waals surface area contributed by atoms with Gasteiger partial charge in [-0.3, -0.25) is 4.79 Å². The normalized spacial score (nSPS) is 11.6. The number of sulfonamides is 1. The topological polar surface area (TPSA) is 84.9 Å². The molecule has 30 heavy (non-hydrogen) atoms. The molecule has 8 heteroatoms. The van der Waals surface area contributed by atoms with Crippen molar-refractivity contribution in [3.05, 3.63) is 47.5 Å². The molecule has 0 aliphatic rings. The number of rotatable bonds is 9. The van der Waals surface area contributed by atoms with Crippen LogP contribution in [0, 0.1) is 12.8 Å². The first-order valence-electron chi connectivity index (χ1n) is 9.71. The Morgan fingerprint density at radius 3 is 2.40 bits per heavy atom. The molecule has 2 aromatic rings. The third-order valence-corrected chi connectivity index (χ3v) is 6.54. The molecule has 1 amide bonds. The first kappa shape index (κ1) is 23.7. The maximum absolute atomic E-state index is 12.7. The van der Waals surface area contributed by atoms with Crippen LogP contribution in [0.2, 0.25) is 0 Å². The van der Waals surface area contributed by atoms with Crippen molar-refractivity contribution in [2.24, 2.45) is 5.92 Å². The minimum absolute atomic E-state index is 0.150. The molecule has 0 aromatic heterocycles. The van der Waals surface area contributed by atoms with Crippen molar-refractivity contribution in [3.63, 3.8) is 0 Å². The van der Waals surface area contributed by atoms with E-state index in [0.29, 0.717) is 40.8 Å². The van der Waals surface area contributed by atoms with Gasteiger partial charge in [0.25, 0.3) is 5.91 Å². The molecule has 0 saturated heterocycles. The van der Waals surface area contributed by atoms with E-state index in [2.05, 4.69) is 19.2 Å². The van der Waals surface area contributed by atoms with Crippen LogP contribution in [0.25, 0.3) is 0 Å². The minimum Gasteiger partial charge on any atom is -0.493 e. The summed E-state index contributed by atoms with van der Waals surface area (Å²) in [7, 11) is 0.841. The molecule has 164 valence electrons. The van der Waals surface area contributed by atoms with E-state index in [-0.39, 0.29) is 10.8 Å². The number of carbonyl (C=O) groups is 1. The lowest BCUT2D eigenvalue weighted by molar-refractivity contribution is 0.102. The number of nitrogens with zero attached hydrogens (tertiary/aromatic N) is 1. The standard InChI is InChI=1S/C22H30N2O5S/c1-15(2)11-12-29-19-10-8-17(13-20(19)28-6)22(25)23-18-9-7-16(3)21(14-18)30(26,27)24(4)5/h7-10,13-15H,11-12H2,1-6H3,(H,23,25). The van der Waals surface area contributed by atoms with Gasteiger partial charge >= 0.3 is 0 Å². The van der Waals surface area contributed by atoms with Gasteiger partial charge in [-0.1, -0.05) is 19.9 Å². The molecular formula is C22H30N2O5S. The Hall–Kier alpha value is -2.58. The Kier molecular flexibility index (Phi) is 7.86. The maximum atomic E-state index is 12.7. The van der Waals surface area contributed by atoms with Gasteiger partial charge in [-0.05, 0) is 55.2 Å². The summed E-state index contributed by atoms with van der Waals surface area (Å²) in [6, 6.07) is 9.75. The SMILES string of the molecule is COc1cc(C(=O)Nc2ccc(C)c(S(=O)(=O)N(C)C)c2)ccc1OCCC(C)C. The second-order valence-electron chi connectivity index (χ2n) is 7.62. The number of methoxy groups -OCH3 is 1. The summed E-state index contributed by atoms with van der Waals surface area (Å²) in [5, 5.41) is 2.75. The summed E-state index contributed by atoms with van der Waals surface area (Å²) in [5.41, 5.74) is 1.37. The molecule has 0 spiro atoms. The lowest BCUT2D eigenvalue weighted by Gasteiger charge is -2.15. The molecule has 0 heterocycles. The summed E-state index contributed by atoms with van der Waals surface area (Å²) in [6.45, 7) is 6.51. The maximum Gasteiger partial charge on any atom is 0.255 e. The lowest BCUT2D eigenvalue weighted by atomic mass is 10.1. The fraction of sp³-hybridized carbons (Fsp3) is 0.409. The zero-order chi connectivity index (χ0) is 22.5. The van der Waals surface area contributed by atoms with Crippen LogP contribution in [0.15, 0.2) is 41.3 Å². The van der Waals surface area contributed by atoms with Crippen LogP contribution in [0.1, 0.15) is 36.2 Å². The molecule has 0 bridgehead atoms. The Labute approximate surface area is 179 Å². The minimum atomic E-state index is -3.62. The first-order chi connectivity index (χ1) is 14.1. The Bertz CT molecular complexity index is 1000. The molecule has 0 radical (unpaired) electrons. The summed E-state index contributed by atoms with van der Waals surface area (Å²) < 4.78 is 37.2. The van der Waals surface area contributed by atoms with Crippen molar-refractivity contribution in [2.45, 2.75) is 32.1 Å². The van der Waals surface area contributed by atoms with E-state index < -0.39 is 10.0 Å². The second kappa shape index (κ2) is 9.95. The van der Waals surface area contributed by atoms with Gasteiger partial charge in [-0.25, -0.2) is 12.7 Å². The predicted octanol–water partition coefficient (Wildman–Crippen LogP) is 3.93. The molecule has 0 fully saturated rings. The molecule has 0 unspecified atom stereocenters. The monoisotopic (exact) mass is 434 g/mol. The molecule has 0 saturated carbocycles. The number of benzene rings is 2. The van der Waals surface area contributed by atoms with Crippen LogP contribution >= 0.6 is 0 Å². The lowest BCUT2D eigenvalue weighted by Crippen LogP contribution is -2.23. The van der Waals surface area contributed by atoms with Crippen LogP contribution in [0.3, 0.4) is 0 Å². The summed E-state index contributed by atoms with van der Waals surface area (Å²) in [6.07, 6.45) is 0.914. The van der Waals surface area contributed by atoms with Crippen LogP contribution < -0.4 is 14.8 Å². The number of amides is 1. The average Bonchev–Trinajstić information content (AvgIpc) is 2.69. The molecule has 2 aromatic carbocycles. The van der Waals surface area contributed by atoms with Gasteiger partial charge in [0, 0.05) is 25.3 Å². The number of hydrogen-bond acceptors (Lipinski definition) is 5. The van der Waals surface area contributed by atoms with Gasteiger partial charge in [0.15, 0.2) is 11.5 Å². The zero-order valence-electron chi connectivity index (χ0n) is 18.4. The summed E-state index contributed by atoms with van der Waals surface area (Å²) in [4.78, 5) is 12.9. The van der Waals surface area contributed by atoms with E-state index in [4.69, 9.17) is 9.47 Å². The fourth-order valence-electron chi connectivity index (χ4n) is 2.69. The smallest absolute Gasteiger partial charge is 0.255 e. The van der Waals surface area contributed by atoms with E-state index in [0.717, 1.165) is 10.7 Å². The highest BCUT2D eigenvalue weighted by molar-refractivity contribution is 7.89. The van der Waals surface area contributed by atoms with Crippen LogP contribution in [0.5, 0.6) is 11.5 Å². The van der Waals surface area contributed by atoms with Gasteiger partial charge in [-0.2, -0.15) is 0 Å². The second-order valence-corrected chi connectivity index (χ2v) is 9.74. The van der Waals surface area contributed by atoms with Crippen molar-refractivity contribution in [1.29, 1.82) is 0 Å². The molecule has 2 rings (SSSR count). The predicted molar refractivity (Wildman–Crippen MR) is 118 cm³/mol. The van der Waals surface area contributed by atoms with E-state index in [1.807, 2.05) is 0 Å². The fourth-order valence-corrected chi connectivity index (χ4v) is 3.83. The van der Waals surface area contributed by atoms with Crippen molar-refractivity contribution in [2.75, 3.05) is 33.1 Å². The Balaban J connectivity index is 2.22. The third-order valence-electron chi connectivity index (χ3n) is 4.58. The van der Waals surface area contributed by atoms with E-state index in [1.165, 1.54) is 27.3 Å². The van der Waals surface area contributed by atoms with E-state index >= 15 is 0 Å². The van der Waals surface area contributed by atoms with Crippen molar-refractivity contribution >= 4 is 21.6 Å². The van der Waals surface area contributed by atoms with E-state index in [9.17, 15) is 13.2 Å². The number of aryl methyl sites for hydroxylation is 1. The van der Waals surface area contributed by atoms with Gasteiger partial charge in [-0.15, -0.1) is 0 Å². The molecule has 0 atom stereocenters. The molecule has 7 nitrogen and oxygen atoms in total. The summed E-state index contributed by atoms with van der Waals surface area (Å²) in [5.74, 6) is 1.19. The number of ether oxygens (including phenoxy) is 2. The van der Waals surface area contributed by atoms with Crippen LogP contribution in [-0.2, 0) is 10.0 Å². The molecule has 0 aliphatic heterocycles. The largest absolute Gasteiger partial charge is 0.493 e. The van der Waals surface area contributed by atoms with Crippen LogP contribution in [-0.4, -0.2) is 46.4 Å². The van der Waals surface area contributed by atoms with Crippen molar-refractivity contribution in [3.8, 4) is 11.5 Å². The number of carbonyl (C=O) groups excluding carboxylic acids is 1. The van der Waals surface area contributed by atoms with Crippen LogP contribution in [0.4, 0.5) is 5.69 Å². The van der Waals surface area contributed by atoms with Crippen molar-refractivity contribution < 1.29 is 22.7 Å². The Morgan fingerprint density at radius 1 is 1.10 bits per heavy atom. The van der Waals surface area contributed by atoms with Gasteiger partial charge < -0.3 is 14.8 Å². The molecule has 0 aliphatic carbocycles. The third kappa shape index (κ3) is 5.73. The highest BCUT2D eigenvalue weighted by atomic mass is 32.2. The van der Waals surface area contributed by atoms with Crippen molar-refractivity contribution in [1.82, 2.24) is 4.31 Å². The summed E-state index contributed by atoms with van der Waals surface area (Å²) >= 11 is 0. The average molecular weight is 435 g/mol. The van der Waals surface area contributed by atoms with Gasteiger partial charge in [0.2, 0.25) is 10.0 Å². The number of nitrogens with one attached hydrogen (secondary N) is 1. The highest BCUT2D eigenvalue weighted by Crippen LogP contribution is 2.29. The number of anilines is 1. The van der Waals surface area contributed by atoms with Gasteiger partial charge in [0.1, 0.15) is 0 Å². The highest BCUT2D eigenvalue weighted by Gasteiger charge is 2.21. The van der Waals surface area contributed by atoms with Gasteiger partial charge in [0.05, 0.1) is 18.6 Å². The molecular weight excluding hydrogens is 404 g/mol. The van der Waals surface area contributed by atoms with E-state index in [1.54, 1.807) is 37.3 Å². The Morgan fingerprint density at radius 2 is 1.80 bits per heavy atom. The molecule has 1 N–H and O–H groups in total. The quantitative estimate of drug-likeness (QED) is 0.646. The first-order valence-corrected chi connectivity index (χ1v) is 11.2. The number of hydrogen-bond donors (Lipinski definition) is 1.